The van der Waals surface area contributed by atoms with Crippen LogP contribution in [0.2, 0.25) is 0 Å². The molecule has 1 radical (unpaired) electrons. The van der Waals surface area contributed by atoms with Gasteiger partial charge in [-0.1, -0.05) is 13.8 Å². The highest BCUT2D eigenvalue weighted by molar-refractivity contribution is 5.76. The normalized spacial score (nSPS) is 23.2. The van der Waals surface area contributed by atoms with E-state index in [2.05, 4.69) is 19.2 Å². The lowest BCUT2D eigenvalue weighted by atomic mass is 10.1. The molecule has 1 N–H and O–H groups in total. The number of hydrogen-bond donors (Lipinski definition) is 1. The van der Waals surface area contributed by atoms with Gasteiger partial charge < -0.3 is 10.2 Å². The van der Waals surface area contributed by atoms with Gasteiger partial charge in [-0.25, -0.2) is 0 Å². The Bertz CT molecular complexity index is 170. The fraction of sp³-hybridized carbons (Fsp3) is 0.800. The van der Waals surface area contributed by atoms with E-state index in [1.807, 2.05) is 4.90 Å². The Morgan fingerprint density at radius 2 is 2.46 bits per heavy atom. The summed E-state index contributed by atoms with van der Waals surface area (Å²) in [5.41, 5.74) is 0. The highest BCUT2D eigenvalue weighted by Gasteiger charge is 2.23. The van der Waals surface area contributed by atoms with E-state index in [1.165, 1.54) is 0 Å². The number of nitrogens with one attached hydrogen (secondary N) is 1. The number of rotatable bonds is 3. The Hall–Kier alpha value is -0.570. The summed E-state index contributed by atoms with van der Waals surface area (Å²) >= 11 is 0. The maximum atomic E-state index is 11.6. The molecule has 1 aliphatic rings. The van der Waals surface area contributed by atoms with Crippen molar-refractivity contribution in [3.63, 3.8) is 0 Å². The summed E-state index contributed by atoms with van der Waals surface area (Å²) in [4.78, 5) is 13.6. The van der Waals surface area contributed by atoms with Crippen molar-refractivity contribution in [2.45, 2.75) is 32.2 Å². The predicted octanol–water partition coefficient (Wildman–Crippen LogP) is 0.811. The molecule has 1 rings (SSSR count). The molecule has 0 spiro atoms. The zero-order valence-corrected chi connectivity index (χ0v) is 8.38. The van der Waals surface area contributed by atoms with Crippen molar-refractivity contribution in [3.8, 4) is 0 Å². The highest BCUT2D eigenvalue weighted by atomic mass is 16.2. The largest absolute Gasteiger partial charge is 0.337 e. The topological polar surface area (TPSA) is 32.3 Å². The van der Waals surface area contributed by atoms with Gasteiger partial charge in [0, 0.05) is 32.1 Å². The summed E-state index contributed by atoms with van der Waals surface area (Å²) in [6.07, 6.45) is 2.34. The standard InChI is InChI=1S/C10H19N2O/c1-3-5-10(13)12-7-6-11-8-9(12)4-2/h9,11H,1,3-8H2,2H3. The zero-order valence-electron chi connectivity index (χ0n) is 8.38. The summed E-state index contributed by atoms with van der Waals surface area (Å²) in [7, 11) is 0. The molecule has 1 aliphatic heterocycles. The Morgan fingerprint density at radius 3 is 3.08 bits per heavy atom. The summed E-state index contributed by atoms with van der Waals surface area (Å²) in [5.74, 6) is 0.267. The number of carbonyl (C=O) groups is 1. The minimum absolute atomic E-state index is 0.267. The first-order chi connectivity index (χ1) is 6.29. The van der Waals surface area contributed by atoms with Crippen molar-refractivity contribution >= 4 is 5.91 Å². The molecule has 1 fully saturated rings. The number of carbonyl (C=O) groups excluding carboxylic acids is 1. The van der Waals surface area contributed by atoms with E-state index < -0.39 is 0 Å². The van der Waals surface area contributed by atoms with E-state index in [1.54, 1.807) is 0 Å². The number of nitrogens with zero attached hydrogens (tertiary/aromatic N) is 1. The second kappa shape index (κ2) is 5.22. The van der Waals surface area contributed by atoms with Crippen LogP contribution >= 0.6 is 0 Å². The van der Waals surface area contributed by atoms with Crippen molar-refractivity contribution in [2.24, 2.45) is 0 Å². The Morgan fingerprint density at radius 1 is 1.69 bits per heavy atom. The summed E-state index contributed by atoms with van der Waals surface area (Å²) in [6.45, 7) is 8.57. The van der Waals surface area contributed by atoms with E-state index >= 15 is 0 Å². The van der Waals surface area contributed by atoms with Gasteiger partial charge in [0.05, 0.1) is 0 Å². The van der Waals surface area contributed by atoms with Gasteiger partial charge in [-0.05, 0) is 12.8 Å². The van der Waals surface area contributed by atoms with Gasteiger partial charge in [0.2, 0.25) is 5.91 Å². The minimum atomic E-state index is 0.267. The lowest BCUT2D eigenvalue weighted by Gasteiger charge is -2.35. The van der Waals surface area contributed by atoms with Gasteiger partial charge in [0.25, 0.3) is 0 Å². The molecule has 0 saturated carbocycles. The molecule has 1 amide bonds. The Labute approximate surface area is 80.5 Å². The minimum Gasteiger partial charge on any atom is -0.337 e. The molecule has 75 valence electrons. The molecule has 1 heterocycles. The molecule has 1 saturated heterocycles. The van der Waals surface area contributed by atoms with Crippen LogP contribution in [0.3, 0.4) is 0 Å². The molecule has 0 bridgehead atoms. The predicted molar refractivity (Wildman–Crippen MR) is 53.3 cm³/mol. The molecule has 3 nitrogen and oxygen atoms in total. The fourth-order valence-electron chi connectivity index (χ4n) is 1.75. The van der Waals surface area contributed by atoms with Crippen molar-refractivity contribution < 1.29 is 4.79 Å². The lowest BCUT2D eigenvalue weighted by Crippen LogP contribution is -2.53. The first-order valence-electron chi connectivity index (χ1n) is 5.09. The van der Waals surface area contributed by atoms with E-state index in [9.17, 15) is 4.79 Å². The molecule has 1 unspecified atom stereocenters. The molecular formula is C10H19N2O. The van der Waals surface area contributed by atoms with Crippen LogP contribution in [0.4, 0.5) is 0 Å². The van der Waals surface area contributed by atoms with Gasteiger partial charge in [-0.3, -0.25) is 4.79 Å². The third-order valence-electron chi connectivity index (χ3n) is 2.53. The number of piperazine rings is 1. The van der Waals surface area contributed by atoms with Gasteiger partial charge in [-0.2, -0.15) is 0 Å². The van der Waals surface area contributed by atoms with Crippen molar-refractivity contribution in [2.75, 3.05) is 19.6 Å². The maximum Gasteiger partial charge on any atom is 0.222 e. The van der Waals surface area contributed by atoms with Gasteiger partial charge in [0.1, 0.15) is 0 Å². The number of amides is 1. The summed E-state index contributed by atoms with van der Waals surface area (Å²) < 4.78 is 0. The van der Waals surface area contributed by atoms with Crippen LogP contribution in [0, 0.1) is 6.92 Å². The fourth-order valence-corrected chi connectivity index (χ4v) is 1.75. The van der Waals surface area contributed by atoms with Crippen LogP contribution < -0.4 is 5.32 Å². The number of hydrogen-bond acceptors (Lipinski definition) is 2. The Balaban J connectivity index is 2.48. The zero-order chi connectivity index (χ0) is 9.68. The van der Waals surface area contributed by atoms with E-state index in [-0.39, 0.29) is 5.91 Å². The molecule has 13 heavy (non-hydrogen) atoms. The molecule has 0 aromatic heterocycles. The quantitative estimate of drug-likeness (QED) is 0.702. The van der Waals surface area contributed by atoms with Crippen molar-refractivity contribution in [1.82, 2.24) is 10.2 Å². The smallest absolute Gasteiger partial charge is 0.222 e. The lowest BCUT2D eigenvalue weighted by molar-refractivity contribution is -0.134. The SMILES string of the molecule is [CH2]CCC(=O)N1CCNCC1CC. The maximum absolute atomic E-state index is 11.6. The van der Waals surface area contributed by atoms with Crippen LogP contribution in [-0.2, 0) is 4.79 Å². The first-order valence-corrected chi connectivity index (χ1v) is 5.09. The average molecular weight is 183 g/mol. The third-order valence-corrected chi connectivity index (χ3v) is 2.53. The van der Waals surface area contributed by atoms with Crippen molar-refractivity contribution in [1.29, 1.82) is 0 Å². The highest BCUT2D eigenvalue weighted by Crippen LogP contribution is 2.09. The van der Waals surface area contributed by atoms with E-state index in [0.717, 1.165) is 26.1 Å². The van der Waals surface area contributed by atoms with Crippen LogP contribution in [0.5, 0.6) is 0 Å². The molecule has 3 heteroatoms. The Kier molecular flexibility index (Phi) is 4.22. The molecule has 1 atom stereocenters. The van der Waals surface area contributed by atoms with Crippen molar-refractivity contribution in [3.05, 3.63) is 6.92 Å². The molecule has 0 aromatic carbocycles. The first kappa shape index (κ1) is 10.5. The van der Waals surface area contributed by atoms with Gasteiger partial charge in [-0.15, -0.1) is 0 Å². The molecule has 0 aromatic rings. The summed E-state index contributed by atoms with van der Waals surface area (Å²) in [6, 6.07) is 0.396. The molecular weight excluding hydrogens is 164 g/mol. The second-order valence-electron chi connectivity index (χ2n) is 3.46. The van der Waals surface area contributed by atoms with Crippen LogP contribution in [0.15, 0.2) is 0 Å². The van der Waals surface area contributed by atoms with Gasteiger partial charge >= 0.3 is 0 Å². The average Bonchev–Trinajstić information content (AvgIpc) is 2.18. The second-order valence-corrected chi connectivity index (χ2v) is 3.46. The van der Waals surface area contributed by atoms with Gasteiger partial charge in [0.15, 0.2) is 0 Å². The third kappa shape index (κ3) is 2.69. The van der Waals surface area contributed by atoms with Crippen LogP contribution in [0.1, 0.15) is 26.2 Å². The monoisotopic (exact) mass is 183 g/mol. The molecule has 0 aliphatic carbocycles. The summed E-state index contributed by atoms with van der Waals surface area (Å²) in [5, 5.41) is 3.30. The van der Waals surface area contributed by atoms with E-state index in [0.29, 0.717) is 18.9 Å². The van der Waals surface area contributed by atoms with Crippen LogP contribution in [0.25, 0.3) is 0 Å². The van der Waals surface area contributed by atoms with Crippen LogP contribution in [-0.4, -0.2) is 36.5 Å². The van der Waals surface area contributed by atoms with E-state index in [4.69, 9.17) is 0 Å².